The topological polar surface area (TPSA) is 84.9 Å². The molecule has 0 bridgehead atoms. The van der Waals surface area contributed by atoms with Gasteiger partial charge >= 0.3 is 5.97 Å². The molecule has 0 heterocycles. The van der Waals surface area contributed by atoms with Crippen molar-refractivity contribution in [1.82, 2.24) is 10.2 Å². The zero-order valence-electron chi connectivity index (χ0n) is 16.0. The zero-order valence-corrected chi connectivity index (χ0v) is 16.0. The summed E-state index contributed by atoms with van der Waals surface area (Å²) in [4.78, 5) is 37.8. The highest BCUT2D eigenvalue weighted by Gasteiger charge is 2.15. The van der Waals surface area contributed by atoms with Crippen LogP contribution in [0.5, 0.6) is 5.75 Å². The van der Waals surface area contributed by atoms with Crippen LogP contribution >= 0.6 is 0 Å². The fourth-order valence-electron chi connectivity index (χ4n) is 2.48. The van der Waals surface area contributed by atoms with Crippen LogP contribution in [-0.4, -0.2) is 49.5 Å². The summed E-state index contributed by atoms with van der Waals surface area (Å²) in [6.45, 7) is 2.11. The Hall–Kier alpha value is -3.35. The average Bonchev–Trinajstić information content (AvgIpc) is 2.74. The number of rotatable bonds is 9. The van der Waals surface area contributed by atoms with Crippen molar-refractivity contribution >= 4 is 17.8 Å². The first-order chi connectivity index (χ1) is 13.5. The number of nitrogens with zero attached hydrogens (tertiary/aromatic N) is 1. The molecule has 2 aromatic rings. The number of carbonyl (C=O) groups is 3. The summed E-state index contributed by atoms with van der Waals surface area (Å²) in [5.41, 5.74) is 1.36. The highest BCUT2D eigenvalue weighted by atomic mass is 16.5. The maximum Gasteiger partial charge on any atom is 0.325 e. The van der Waals surface area contributed by atoms with Crippen LogP contribution in [0.3, 0.4) is 0 Å². The summed E-state index contributed by atoms with van der Waals surface area (Å²) in [5, 5.41) is 2.46. The SMILES string of the molecule is CCN(Cc1ccccc1)C(=O)COC(=O)CNC(=O)c1cccc(OC)c1. The number of likely N-dealkylation sites (N-methyl/N-ethyl adjacent to an activating group) is 1. The fraction of sp³-hybridized carbons (Fsp3) is 0.286. The minimum Gasteiger partial charge on any atom is -0.497 e. The summed E-state index contributed by atoms with van der Waals surface area (Å²) in [6.07, 6.45) is 0. The van der Waals surface area contributed by atoms with Crippen molar-refractivity contribution in [1.29, 1.82) is 0 Å². The third kappa shape index (κ3) is 6.42. The molecule has 0 aliphatic rings. The first-order valence-electron chi connectivity index (χ1n) is 8.93. The van der Waals surface area contributed by atoms with Gasteiger partial charge in [0.1, 0.15) is 12.3 Å². The molecule has 7 heteroatoms. The molecular formula is C21H24N2O5. The summed E-state index contributed by atoms with van der Waals surface area (Å²) in [5.74, 6) is -0.862. The molecule has 1 N–H and O–H groups in total. The molecule has 148 valence electrons. The van der Waals surface area contributed by atoms with E-state index in [1.165, 1.54) is 7.11 Å². The smallest absolute Gasteiger partial charge is 0.325 e. The minimum atomic E-state index is -0.680. The van der Waals surface area contributed by atoms with E-state index in [0.717, 1.165) is 5.56 Å². The van der Waals surface area contributed by atoms with Gasteiger partial charge in [-0.3, -0.25) is 14.4 Å². The van der Waals surface area contributed by atoms with Crippen molar-refractivity contribution in [2.45, 2.75) is 13.5 Å². The minimum absolute atomic E-state index is 0.293. The molecule has 2 aromatic carbocycles. The standard InChI is InChI=1S/C21H24N2O5/c1-3-23(14-16-8-5-4-6-9-16)19(24)15-28-20(25)13-22-21(26)17-10-7-11-18(12-17)27-2/h4-12H,3,13-15H2,1-2H3,(H,22,26). The van der Waals surface area contributed by atoms with Gasteiger partial charge in [-0.1, -0.05) is 36.4 Å². The Labute approximate surface area is 164 Å². The van der Waals surface area contributed by atoms with Gasteiger partial charge in [0.25, 0.3) is 11.8 Å². The van der Waals surface area contributed by atoms with Crippen molar-refractivity contribution in [2.24, 2.45) is 0 Å². The molecule has 2 rings (SSSR count). The van der Waals surface area contributed by atoms with Gasteiger partial charge in [-0.15, -0.1) is 0 Å². The number of hydrogen-bond donors (Lipinski definition) is 1. The predicted octanol–water partition coefficient (Wildman–Crippen LogP) is 2.02. The van der Waals surface area contributed by atoms with Crippen molar-refractivity contribution in [3.8, 4) is 5.75 Å². The molecular weight excluding hydrogens is 360 g/mol. The van der Waals surface area contributed by atoms with Gasteiger partial charge in [0, 0.05) is 18.7 Å². The number of carbonyl (C=O) groups excluding carboxylic acids is 3. The van der Waals surface area contributed by atoms with Crippen molar-refractivity contribution in [3.05, 3.63) is 65.7 Å². The van der Waals surface area contributed by atoms with Crippen molar-refractivity contribution in [2.75, 3.05) is 26.8 Å². The van der Waals surface area contributed by atoms with Gasteiger partial charge in [-0.25, -0.2) is 0 Å². The molecule has 0 unspecified atom stereocenters. The van der Waals surface area contributed by atoms with E-state index < -0.39 is 11.9 Å². The molecule has 0 fully saturated rings. The molecule has 0 aliphatic carbocycles. The second kappa shape index (κ2) is 10.7. The normalized spacial score (nSPS) is 10.1. The lowest BCUT2D eigenvalue weighted by atomic mass is 10.2. The molecule has 0 saturated carbocycles. The van der Waals surface area contributed by atoms with Gasteiger partial charge in [0.2, 0.25) is 0 Å². The Kier molecular flexibility index (Phi) is 8.02. The van der Waals surface area contributed by atoms with Crippen LogP contribution in [0.4, 0.5) is 0 Å². The van der Waals surface area contributed by atoms with Crippen LogP contribution in [0.25, 0.3) is 0 Å². The van der Waals surface area contributed by atoms with E-state index in [1.54, 1.807) is 29.2 Å². The summed E-state index contributed by atoms with van der Waals surface area (Å²) >= 11 is 0. The van der Waals surface area contributed by atoms with E-state index in [9.17, 15) is 14.4 Å². The van der Waals surface area contributed by atoms with Gasteiger partial charge in [0.05, 0.1) is 7.11 Å². The van der Waals surface area contributed by atoms with E-state index in [0.29, 0.717) is 24.4 Å². The van der Waals surface area contributed by atoms with E-state index in [4.69, 9.17) is 9.47 Å². The lowest BCUT2D eigenvalue weighted by Crippen LogP contribution is -2.36. The molecule has 0 aliphatic heterocycles. The van der Waals surface area contributed by atoms with Gasteiger partial charge in [-0.2, -0.15) is 0 Å². The number of esters is 1. The predicted molar refractivity (Wildman–Crippen MR) is 104 cm³/mol. The summed E-state index contributed by atoms with van der Waals surface area (Å²) in [7, 11) is 1.50. The first kappa shape index (κ1) is 21.0. The van der Waals surface area contributed by atoms with Gasteiger partial charge in [-0.05, 0) is 30.7 Å². The molecule has 0 aromatic heterocycles. The molecule has 0 atom stereocenters. The number of hydrogen-bond acceptors (Lipinski definition) is 5. The molecule has 0 spiro atoms. The third-order valence-electron chi connectivity index (χ3n) is 4.03. The van der Waals surface area contributed by atoms with Crippen LogP contribution in [0.1, 0.15) is 22.8 Å². The second-order valence-corrected chi connectivity index (χ2v) is 5.97. The quantitative estimate of drug-likeness (QED) is 0.669. The Morgan fingerprint density at radius 2 is 1.79 bits per heavy atom. The average molecular weight is 384 g/mol. The van der Waals surface area contributed by atoms with Crippen LogP contribution in [0.15, 0.2) is 54.6 Å². The molecule has 0 saturated heterocycles. The largest absolute Gasteiger partial charge is 0.497 e. The Morgan fingerprint density at radius 3 is 2.46 bits per heavy atom. The maximum absolute atomic E-state index is 12.3. The Balaban J connectivity index is 1.77. The number of benzene rings is 2. The van der Waals surface area contributed by atoms with Gasteiger partial charge < -0.3 is 19.7 Å². The summed E-state index contributed by atoms with van der Waals surface area (Å²) < 4.78 is 10.0. The summed E-state index contributed by atoms with van der Waals surface area (Å²) in [6, 6.07) is 16.1. The van der Waals surface area contributed by atoms with Crippen molar-refractivity contribution in [3.63, 3.8) is 0 Å². The molecule has 7 nitrogen and oxygen atoms in total. The van der Waals surface area contributed by atoms with Crippen LogP contribution < -0.4 is 10.1 Å². The number of nitrogens with one attached hydrogen (secondary N) is 1. The Bertz CT molecular complexity index is 807. The lowest BCUT2D eigenvalue weighted by molar-refractivity contribution is -0.151. The number of amides is 2. The van der Waals surface area contributed by atoms with E-state index in [-0.39, 0.29) is 19.1 Å². The first-order valence-corrected chi connectivity index (χ1v) is 8.93. The van der Waals surface area contributed by atoms with Crippen LogP contribution in [-0.2, 0) is 20.9 Å². The monoisotopic (exact) mass is 384 g/mol. The number of ether oxygens (including phenoxy) is 2. The van der Waals surface area contributed by atoms with Crippen molar-refractivity contribution < 1.29 is 23.9 Å². The van der Waals surface area contributed by atoms with E-state index in [2.05, 4.69) is 5.32 Å². The van der Waals surface area contributed by atoms with E-state index >= 15 is 0 Å². The maximum atomic E-state index is 12.3. The van der Waals surface area contributed by atoms with Gasteiger partial charge in [0.15, 0.2) is 6.61 Å². The lowest BCUT2D eigenvalue weighted by Gasteiger charge is -2.20. The second-order valence-electron chi connectivity index (χ2n) is 5.97. The third-order valence-corrected chi connectivity index (χ3v) is 4.03. The zero-order chi connectivity index (χ0) is 20.4. The molecule has 0 radical (unpaired) electrons. The fourth-order valence-corrected chi connectivity index (χ4v) is 2.48. The van der Waals surface area contributed by atoms with E-state index in [1.807, 2.05) is 37.3 Å². The highest BCUT2D eigenvalue weighted by molar-refractivity contribution is 5.96. The highest BCUT2D eigenvalue weighted by Crippen LogP contribution is 2.12. The van der Waals surface area contributed by atoms with Crippen LogP contribution in [0.2, 0.25) is 0 Å². The molecule has 2 amide bonds. The number of methoxy groups -OCH3 is 1. The van der Waals surface area contributed by atoms with Crippen LogP contribution in [0, 0.1) is 0 Å². The Morgan fingerprint density at radius 1 is 1.04 bits per heavy atom. The molecule has 28 heavy (non-hydrogen) atoms.